The molecule has 31 heavy (non-hydrogen) atoms. The molecule has 2 N–H and O–H groups in total. The van der Waals surface area contributed by atoms with Gasteiger partial charge in [-0.05, 0) is 54.7 Å². The maximum absolute atomic E-state index is 12.3. The Hall–Kier alpha value is -2.15. The van der Waals surface area contributed by atoms with E-state index >= 15 is 0 Å². The predicted molar refractivity (Wildman–Crippen MR) is 122 cm³/mol. The highest BCUT2D eigenvalue weighted by molar-refractivity contribution is 6.32. The number of carbonyl (C=O) groups excluding carboxylic acids is 1. The highest BCUT2D eigenvalue weighted by Gasteiger charge is 2.21. The van der Waals surface area contributed by atoms with Gasteiger partial charge in [-0.3, -0.25) is 4.90 Å². The van der Waals surface area contributed by atoms with Gasteiger partial charge in [0.1, 0.15) is 13.2 Å². The summed E-state index contributed by atoms with van der Waals surface area (Å²) in [4.78, 5) is 14.7. The molecule has 0 aromatic heterocycles. The van der Waals surface area contributed by atoms with Crippen molar-refractivity contribution in [2.24, 2.45) is 0 Å². The molecule has 2 amide bonds. The van der Waals surface area contributed by atoms with Gasteiger partial charge in [0.2, 0.25) is 0 Å². The Morgan fingerprint density at radius 1 is 1.03 bits per heavy atom. The minimum atomic E-state index is -0.125. The van der Waals surface area contributed by atoms with Crippen LogP contribution in [0.15, 0.2) is 36.4 Å². The smallest absolute Gasteiger partial charge is 0.315 e. The molecule has 0 bridgehead atoms. The molecule has 2 aromatic rings. The van der Waals surface area contributed by atoms with Crippen LogP contribution in [0.25, 0.3) is 0 Å². The molecule has 2 heterocycles. The summed E-state index contributed by atoms with van der Waals surface area (Å²) in [5.41, 5.74) is 2.26. The van der Waals surface area contributed by atoms with Crippen LogP contribution < -0.4 is 20.1 Å². The summed E-state index contributed by atoms with van der Waals surface area (Å²) in [6.45, 7) is 4.39. The molecular formula is C23H27Cl2N3O3. The zero-order chi connectivity index (χ0) is 21.6. The normalized spacial score (nSPS) is 16.7. The van der Waals surface area contributed by atoms with Gasteiger partial charge in [-0.25, -0.2) is 4.79 Å². The van der Waals surface area contributed by atoms with Gasteiger partial charge >= 0.3 is 6.03 Å². The first-order chi connectivity index (χ1) is 15.1. The molecule has 4 rings (SSSR count). The number of ether oxygens (including phenoxy) is 2. The first-order valence-electron chi connectivity index (χ1n) is 10.7. The first-order valence-corrected chi connectivity index (χ1v) is 11.4. The van der Waals surface area contributed by atoms with Gasteiger partial charge in [-0.1, -0.05) is 35.3 Å². The molecule has 6 nitrogen and oxygen atoms in total. The lowest BCUT2D eigenvalue weighted by Crippen LogP contribution is -2.48. The standard InChI is InChI=1S/C23H27Cl2N3O3/c24-18-3-1-16(2-4-18)15-28-9-6-19(7-10-28)27-23(29)26-8-5-17-13-20(25)22-21(14-17)30-11-12-31-22/h1-4,13-14,19H,5-12,15H2,(H2,26,27,29). The molecular weight excluding hydrogens is 437 g/mol. The van der Waals surface area contributed by atoms with Crippen molar-refractivity contribution in [3.8, 4) is 11.5 Å². The number of piperidine rings is 1. The molecule has 2 aromatic carbocycles. The van der Waals surface area contributed by atoms with Crippen LogP contribution in [0.1, 0.15) is 24.0 Å². The van der Waals surface area contributed by atoms with Crippen LogP contribution in [0, 0.1) is 0 Å². The number of nitrogens with zero attached hydrogens (tertiary/aromatic N) is 1. The van der Waals surface area contributed by atoms with Crippen molar-refractivity contribution in [2.45, 2.75) is 31.8 Å². The molecule has 0 atom stereocenters. The largest absolute Gasteiger partial charge is 0.486 e. The molecule has 0 aliphatic carbocycles. The lowest BCUT2D eigenvalue weighted by molar-refractivity contribution is 0.171. The van der Waals surface area contributed by atoms with Crippen molar-refractivity contribution < 1.29 is 14.3 Å². The lowest BCUT2D eigenvalue weighted by atomic mass is 10.0. The SMILES string of the molecule is O=C(NCCc1cc(Cl)c2c(c1)OCCO2)NC1CCN(Cc2ccc(Cl)cc2)CC1. The van der Waals surface area contributed by atoms with Crippen molar-refractivity contribution in [2.75, 3.05) is 32.8 Å². The summed E-state index contributed by atoms with van der Waals surface area (Å²) < 4.78 is 11.1. The van der Waals surface area contributed by atoms with E-state index in [1.807, 2.05) is 24.3 Å². The molecule has 0 saturated carbocycles. The number of benzene rings is 2. The van der Waals surface area contributed by atoms with Crippen LogP contribution in [-0.4, -0.2) is 49.8 Å². The van der Waals surface area contributed by atoms with E-state index < -0.39 is 0 Å². The summed E-state index contributed by atoms with van der Waals surface area (Å²) in [7, 11) is 0. The molecule has 166 valence electrons. The molecule has 1 fully saturated rings. The summed E-state index contributed by atoms with van der Waals surface area (Å²) in [6, 6.07) is 11.8. The average Bonchev–Trinajstić information content (AvgIpc) is 2.77. The minimum absolute atomic E-state index is 0.125. The second-order valence-corrected chi connectivity index (χ2v) is 8.77. The number of hydrogen-bond donors (Lipinski definition) is 2. The van der Waals surface area contributed by atoms with Gasteiger partial charge in [0.25, 0.3) is 0 Å². The quantitative estimate of drug-likeness (QED) is 0.671. The number of urea groups is 1. The summed E-state index contributed by atoms with van der Waals surface area (Å²) in [5.74, 6) is 1.27. The monoisotopic (exact) mass is 463 g/mol. The second-order valence-electron chi connectivity index (χ2n) is 7.93. The number of nitrogens with one attached hydrogen (secondary N) is 2. The molecule has 2 aliphatic heterocycles. The fourth-order valence-corrected chi connectivity index (χ4v) is 4.36. The maximum Gasteiger partial charge on any atom is 0.315 e. The van der Waals surface area contributed by atoms with Gasteiger partial charge in [0, 0.05) is 37.2 Å². The zero-order valence-corrected chi connectivity index (χ0v) is 18.8. The van der Waals surface area contributed by atoms with Gasteiger partial charge in [-0.2, -0.15) is 0 Å². The summed E-state index contributed by atoms with van der Waals surface area (Å²) in [5, 5.41) is 7.34. The van der Waals surface area contributed by atoms with E-state index in [9.17, 15) is 4.79 Å². The molecule has 8 heteroatoms. The molecule has 0 spiro atoms. The number of amides is 2. The van der Waals surface area contributed by atoms with Crippen molar-refractivity contribution in [3.05, 3.63) is 57.6 Å². The third-order valence-electron chi connectivity index (χ3n) is 5.60. The van der Waals surface area contributed by atoms with E-state index in [0.29, 0.717) is 42.7 Å². The number of halogens is 2. The van der Waals surface area contributed by atoms with Crippen LogP contribution >= 0.6 is 23.2 Å². The highest BCUT2D eigenvalue weighted by Crippen LogP contribution is 2.38. The zero-order valence-electron chi connectivity index (χ0n) is 17.3. The topological polar surface area (TPSA) is 62.8 Å². The Bertz CT molecular complexity index is 900. The van der Waals surface area contributed by atoms with Crippen molar-refractivity contribution in [1.82, 2.24) is 15.5 Å². The third kappa shape index (κ3) is 6.19. The van der Waals surface area contributed by atoms with Crippen molar-refractivity contribution in [1.29, 1.82) is 0 Å². The van der Waals surface area contributed by atoms with Crippen LogP contribution in [0.2, 0.25) is 10.0 Å². The third-order valence-corrected chi connectivity index (χ3v) is 6.13. The Balaban J connectivity index is 1.16. The fraction of sp³-hybridized carbons (Fsp3) is 0.435. The van der Waals surface area contributed by atoms with E-state index in [2.05, 4.69) is 27.7 Å². The van der Waals surface area contributed by atoms with Crippen molar-refractivity contribution in [3.63, 3.8) is 0 Å². The van der Waals surface area contributed by atoms with E-state index in [0.717, 1.165) is 43.1 Å². The van der Waals surface area contributed by atoms with Gasteiger partial charge in [0.15, 0.2) is 11.5 Å². The minimum Gasteiger partial charge on any atom is -0.486 e. The summed E-state index contributed by atoms with van der Waals surface area (Å²) in [6.07, 6.45) is 2.56. The first kappa shape index (κ1) is 22.1. The Labute approximate surface area is 192 Å². The van der Waals surface area contributed by atoms with E-state index in [1.54, 1.807) is 0 Å². The van der Waals surface area contributed by atoms with Gasteiger partial charge in [0.05, 0.1) is 5.02 Å². The van der Waals surface area contributed by atoms with E-state index in [4.69, 9.17) is 32.7 Å². The average molecular weight is 464 g/mol. The van der Waals surface area contributed by atoms with Crippen LogP contribution in [-0.2, 0) is 13.0 Å². The van der Waals surface area contributed by atoms with Crippen LogP contribution in [0.3, 0.4) is 0 Å². The highest BCUT2D eigenvalue weighted by atomic mass is 35.5. The molecule has 1 saturated heterocycles. The van der Waals surface area contributed by atoms with Crippen LogP contribution in [0.5, 0.6) is 11.5 Å². The molecule has 0 unspecified atom stereocenters. The molecule has 0 radical (unpaired) electrons. The van der Waals surface area contributed by atoms with Gasteiger partial charge < -0.3 is 20.1 Å². The van der Waals surface area contributed by atoms with Crippen molar-refractivity contribution >= 4 is 29.2 Å². The number of rotatable bonds is 6. The van der Waals surface area contributed by atoms with E-state index in [-0.39, 0.29) is 12.1 Å². The number of hydrogen-bond acceptors (Lipinski definition) is 4. The fourth-order valence-electron chi connectivity index (χ4n) is 3.95. The Morgan fingerprint density at radius 3 is 2.55 bits per heavy atom. The number of fused-ring (bicyclic) bond motifs is 1. The number of carbonyl (C=O) groups is 1. The summed E-state index contributed by atoms with van der Waals surface area (Å²) >= 11 is 12.2. The number of likely N-dealkylation sites (tertiary alicyclic amines) is 1. The Morgan fingerprint density at radius 2 is 1.77 bits per heavy atom. The lowest BCUT2D eigenvalue weighted by Gasteiger charge is -2.32. The maximum atomic E-state index is 12.3. The van der Waals surface area contributed by atoms with E-state index in [1.165, 1.54) is 5.56 Å². The Kier molecular flexibility index (Phi) is 7.43. The van der Waals surface area contributed by atoms with Gasteiger partial charge in [-0.15, -0.1) is 0 Å². The molecule has 2 aliphatic rings. The van der Waals surface area contributed by atoms with Crippen LogP contribution in [0.4, 0.5) is 4.79 Å². The second kappa shape index (κ2) is 10.4. The predicted octanol–water partition coefficient (Wildman–Crippen LogP) is 4.27.